The van der Waals surface area contributed by atoms with Crippen LogP contribution in [-0.2, 0) is 14.8 Å². The van der Waals surface area contributed by atoms with Crippen LogP contribution < -0.4 is 5.32 Å². The Kier molecular flexibility index (Phi) is 6.06. The van der Waals surface area contributed by atoms with Crippen molar-refractivity contribution >= 4 is 27.4 Å². The Labute approximate surface area is 147 Å². The molecule has 0 aromatic heterocycles. The van der Waals surface area contributed by atoms with Crippen molar-refractivity contribution in [1.29, 1.82) is 0 Å². The van der Waals surface area contributed by atoms with Crippen LogP contribution in [-0.4, -0.2) is 38.5 Å². The van der Waals surface area contributed by atoms with E-state index in [9.17, 15) is 18.0 Å². The lowest BCUT2D eigenvalue weighted by Gasteiger charge is -2.12. The third-order valence-corrected chi connectivity index (χ3v) is 5.38. The van der Waals surface area contributed by atoms with Crippen LogP contribution in [0.1, 0.15) is 23.2 Å². The van der Waals surface area contributed by atoms with E-state index in [1.165, 1.54) is 26.2 Å². The number of nitrogens with zero attached hydrogens (tertiary/aromatic N) is 1. The van der Waals surface area contributed by atoms with Crippen LogP contribution in [0.5, 0.6) is 0 Å². The summed E-state index contributed by atoms with van der Waals surface area (Å²) in [4.78, 5) is 24.1. The summed E-state index contributed by atoms with van der Waals surface area (Å²) in [6.45, 7) is 0. The molecule has 7 heteroatoms. The second kappa shape index (κ2) is 8.04. The summed E-state index contributed by atoms with van der Waals surface area (Å²) in [7, 11) is -0.689. The van der Waals surface area contributed by atoms with Crippen molar-refractivity contribution in [2.24, 2.45) is 0 Å². The average molecular weight is 360 g/mol. The number of sulfonamides is 1. The van der Waals surface area contributed by atoms with Crippen LogP contribution >= 0.6 is 0 Å². The monoisotopic (exact) mass is 360 g/mol. The molecule has 2 aromatic rings. The molecule has 0 saturated carbocycles. The van der Waals surface area contributed by atoms with Crippen molar-refractivity contribution in [3.05, 3.63) is 60.2 Å². The molecular formula is C18H20N2O4S. The maximum atomic E-state index is 12.1. The molecule has 0 unspecified atom stereocenters. The van der Waals surface area contributed by atoms with E-state index in [-0.39, 0.29) is 29.4 Å². The molecule has 0 aliphatic rings. The topological polar surface area (TPSA) is 83.6 Å². The maximum absolute atomic E-state index is 12.1. The lowest BCUT2D eigenvalue weighted by molar-refractivity contribution is -0.116. The first-order valence-electron chi connectivity index (χ1n) is 7.71. The SMILES string of the molecule is CN(C)S(=O)(=O)c1cccc(NC(=O)CCC(=O)c2ccccc2)c1. The summed E-state index contributed by atoms with van der Waals surface area (Å²) < 4.78 is 25.3. The minimum absolute atomic E-state index is 0.0262. The molecule has 0 atom stereocenters. The van der Waals surface area contributed by atoms with Crippen molar-refractivity contribution in [2.75, 3.05) is 19.4 Å². The highest BCUT2D eigenvalue weighted by Crippen LogP contribution is 2.18. The summed E-state index contributed by atoms with van der Waals surface area (Å²) in [6.07, 6.45) is 0.115. The van der Waals surface area contributed by atoms with Gasteiger partial charge in [0.1, 0.15) is 0 Å². The van der Waals surface area contributed by atoms with Crippen molar-refractivity contribution in [1.82, 2.24) is 4.31 Å². The number of Topliss-reactive ketones (excluding diaryl/α,β-unsaturated/α-hetero) is 1. The largest absolute Gasteiger partial charge is 0.326 e. The second-order valence-corrected chi connectivity index (χ2v) is 7.80. The molecule has 6 nitrogen and oxygen atoms in total. The molecule has 2 aromatic carbocycles. The molecule has 1 N–H and O–H groups in total. The molecule has 0 bridgehead atoms. The third-order valence-electron chi connectivity index (χ3n) is 3.57. The molecule has 0 fully saturated rings. The van der Waals surface area contributed by atoms with E-state index in [2.05, 4.69) is 5.32 Å². The van der Waals surface area contributed by atoms with E-state index < -0.39 is 10.0 Å². The van der Waals surface area contributed by atoms with Gasteiger partial charge in [-0.15, -0.1) is 0 Å². The summed E-state index contributed by atoms with van der Waals surface area (Å²) in [6, 6.07) is 14.8. The Bertz CT molecular complexity index is 862. The van der Waals surface area contributed by atoms with Crippen LogP contribution in [0.4, 0.5) is 5.69 Å². The minimum atomic E-state index is -3.57. The predicted octanol–water partition coefficient (Wildman–Crippen LogP) is 2.54. The number of amides is 1. The smallest absolute Gasteiger partial charge is 0.242 e. The Morgan fingerprint density at radius 1 is 0.960 bits per heavy atom. The molecular weight excluding hydrogens is 340 g/mol. The minimum Gasteiger partial charge on any atom is -0.326 e. The Hall–Kier alpha value is -2.51. The van der Waals surface area contributed by atoms with Crippen molar-refractivity contribution in [3.63, 3.8) is 0 Å². The van der Waals surface area contributed by atoms with E-state index in [0.29, 0.717) is 11.3 Å². The van der Waals surface area contributed by atoms with Gasteiger partial charge in [-0.2, -0.15) is 0 Å². The molecule has 0 aliphatic carbocycles. The predicted molar refractivity (Wildman–Crippen MR) is 96.0 cm³/mol. The number of hydrogen-bond acceptors (Lipinski definition) is 4. The number of anilines is 1. The molecule has 2 rings (SSSR count). The van der Waals surface area contributed by atoms with Gasteiger partial charge in [-0.05, 0) is 18.2 Å². The summed E-state index contributed by atoms with van der Waals surface area (Å²) in [5.74, 6) is -0.455. The van der Waals surface area contributed by atoms with Gasteiger partial charge in [-0.25, -0.2) is 12.7 Å². The fraction of sp³-hybridized carbons (Fsp3) is 0.222. The number of hydrogen-bond donors (Lipinski definition) is 1. The van der Waals surface area contributed by atoms with Crippen molar-refractivity contribution < 1.29 is 18.0 Å². The molecule has 0 aliphatic heterocycles. The quantitative estimate of drug-likeness (QED) is 0.769. The van der Waals surface area contributed by atoms with Crippen molar-refractivity contribution in [2.45, 2.75) is 17.7 Å². The van der Waals surface area contributed by atoms with Crippen LogP contribution in [0, 0.1) is 0 Å². The number of ketones is 1. The van der Waals surface area contributed by atoms with Crippen LogP contribution in [0.25, 0.3) is 0 Å². The van der Waals surface area contributed by atoms with Gasteiger partial charge in [0.15, 0.2) is 5.78 Å². The second-order valence-electron chi connectivity index (χ2n) is 5.65. The Morgan fingerprint density at radius 3 is 2.28 bits per heavy atom. The zero-order valence-corrected chi connectivity index (χ0v) is 14.9. The fourth-order valence-electron chi connectivity index (χ4n) is 2.16. The first-order valence-corrected chi connectivity index (χ1v) is 9.15. The molecule has 0 heterocycles. The molecule has 0 spiro atoms. The zero-order valence-electron chi connectivity index (χ0n) is 14.1. The summed E-state index contributed by atoms with van der Waals surface area (Å²) in [5, 5.41) is 2.63. The van der Waals surface area contributed by atoms with E-state index in [0.717, 1.165) is 4.31 Å². The highest BCUT2D eigenvalue weighted by Gasteiger charge is 2.17. The Morgan fingerprint density at radius 2 is 1.64 bits per heavy atom. The standard InChI is InChI=1S/C18H20N2O4S/c1-20(2)25(23,24)16-10-6-9-15(13-16)19-18(22)12-11-17(21)14-7-4-3-5-8-14/h3-10,13H,11-12H2,1-2H3,(H,19,22). The maximum Gasteiger partial charge on any atom is 0.242 e. The lowest BCUT2D eigenvalue weighted by Crippen LogP contribution is -2.22. The third kappa shape index (κ3) is 4.98. The van der Waals surface area contributed by atoms with Gasteiger partial charge in [0.2, 0.25) is 15.9 Å². The number of carbonyl (C=O) groups excluding carboxylic acids is 2. The summed E-state index contributed by atoms with van der Waals surface area (Å²) in [5.41, 5.74) is 0.939. The van der Waals surface area contributed by atoms with Gasteiger partial charge in [-0.1, -0.05) is 36.4 Å². The molecule has 132 valence electrons. The van der Waals surface area contributed by atoms with Gasteiger partial charge < -0.3 is 5.32 Å². The molecule has 0 radical (unpaired) electrons. The first-order chi connectivity index (χ1) is 11.8. The van der Waals surface area contributed by atoms with Gasteiger partial charge in [0.25, 0.3) is 0 Å². The van der Waals surface area contributed by atoms with Crippen LogP contribution in [0.2, 0.25) is 0 Å². The van der Waals surface area contributed by atoms with Gasteiger partial charge >= 0.3 is 0 Å². The summed E-state index contributed by atoms with van der Waals surface area (Å²) >= 11 is 0. The van der Waals surface area contributed by atoms with E-state index >= 15 is 0 Å². The van der Waals surface area contributed by atoms with E-state index in [1.54, 1.807) is 36.4 Å². The van der Waals surface area contributed by atoms with Gasteiger partial charge in [-0.3, -0.25) is 9.59 Å². The fourth-order valence-corrected chi connectivity index (χ4v) is 3.11. The van der Waals surface area contributed by atoms with E-state index in [4.69, 9.17) is 0 Å². The molecule has 25 heavy (non-hydrogen) atoms. The number of nitrogens with one attached hydrogen (secondary N) is 1. The van der Waals surface area contributed by atoms with Crippen molar-refractivity contribution in [3.8, 4) is 0 Å². The average Bonchev–Trinajstić information content (AvgIpc) is 2.60. The highest BCUT2D eigenvalue weighted by atomic mass is 32.2. The van der Waals surface area contributed by atoms with Gasteiger partial charge in [0, 0.05) is 38.2 Å². The van der Waals surface area contributed by atoms with E-state index in [1.807, 2.05) is 6.07 Å². The number of carbonyl (C=O) groups is 2. The highest BCUT2D eigenvalue weighted by molar-refractivity contribution is 7.89. The Balaban J connectivity index is 1.98. The molecule has 0 saturated heterocycles. The normalized spacial score (nSPS) is 11.3. The molecule has 1 amide bonds. The van der Waals surface area contributed by atoms with Crippen LogP contribution in [0.3, 0.4) is 0 Å². The zero-order chi connectivity index (χ0) is 18.4. The van der Waals surface area contributed by atoms with Crippen LogP contribution in [0.15, 0.2) is 59.5 Å². The van der Waals surface area contributed by atoms with Gasteiger partial charge in [0.05, 0.1) is 4.90 Å². The number of benzene rings is 2. The number of rotatable bonds is 7. The first kappa shape index (κ1) is 18.8. The lowest BCUT2D eigenvalue weighted by atomic mass is 10.1.